The number of carbonyl (C=O) groups excluding carboxylic acids is 1. The largest absolute Gasteiger partial charge is 0.358 e. The number of amides is 1. The van der Waals surface area contributed by atoms with E-state index in [0.717, 1.165) is 51.5 Å². The summed E-state index contributed by atoms with van der Waals surface area (Å²) in [5.41, 5.74) is 0.710. The number of benzene rings is 1. The summed E-state index contributed by atoms with van der Waals surface area (Å²) in [5, 5.41) is 6.23. The summed E-state index contributed by atoms with van der Waals surface area (Å²) in [6.07, 6.45) is 4.08. The van der Waals surface area contributed by atoms with Crippen LogP contribution in [0.2, 0.25) is 0 Å². The van der Waals surface area contributed by atoms with Crippen molar-refractivity contribution >= 4 is 5.91 Å². The highest BCUT2D eigenvalue weighted by molar-refractivity contribution is 5.82. The fourth-order valence-corrected chi connectivity index (χ4v) is 4.54. The quantitative estimate of drug-likeness (QED) is 0.744. The van der Waals surface area contributed by atoms with Crippen molar-refractivity contribution in [2.75, 3.05) is 33.2 Å². The van der Waals surface area contributed by atoms with Gasteiger partial charge in [0, 0.05) is 32.2 Å². The molecule has 156 valence electrons. The van der Waals surface area contributed by atoms with Gasteiger partial charge in [0.15, 0.2) is 11.6 Å². The monoisotopic (exact) mass is 394 g/mol. The Kier molecular flexibility index (Phi) is 7.37. The number of nitrogens with one attached hydrogen (secondary N) is 2. The van der Waals surface area contributed by atoms with Crippen LogP contribution in [0.3, 0.4) is 0 Å². The van der Waals surface area contributed by atoms with Crippen molar-refractivity contribution in [3.63, 3.8) is 0 Å². The second-order valence-corrected chi connectivity index (χ2v) is 7.96. The molecule has 7 heteroatoms. The van der Waals surface area contributed by atoms with E-state index in [1.165, 1.54) is 12.5 Å². The number of carbonyl (C=O) groups is 1. The maximum absolute atomic E-state index is 13.4. The van der Waals surface area contributed by atoms with Crippen molar-refractivity contribution in [2.24, 2.45) is 0 Å². The number of hydrogen-bond donors (Lipinski definition) is 2. The molecule has 5 nitrogen and oxygen atoms in total. The van der Waals surface area contributed by atoms with Crippen LogP contribution in [0.15, 0.2) is 18.2 Å². The van der Waals surface area contributed by atoms with E-state index in [-0.39, 0.29) is 18.0 Å². The summed E-state index contributed by atoms with van der Waals surface area (Å²) >= 11 is 0. The first-order valence-corrected chi connectivity index (χ1v) is 10.4. The summed E-state index contributed by atoms with van der Waals surface area (Å²) in [6, 6.07) is 4.43. The minimum atomic E-state index is -0.829. The molecule has 0 aliphatic carbocycles. The van der Waals surface area contributed by atoms with E-state index in [2.05, 4.69) is 27.4 Å². The van der Waals surface area contributed by atoms with Gasteiger partial charge in [-0.2, -0.15) is 0 Å². The van der Waals surface area contributed by atoms with Crippen LogP contribution in [-0.4, -0.2) is 67.1 Å². The van der Waals surface area contributed by atoms with Crippen LogP contribution in [0, 0.1) is 11.6 Å². The second kappa shape index (κ2) is 9.76. The molecule has 0 bridgehead atoms. The standard InChI is InChI=1S/C21H32F2N4O/c1-3-8-26-9-6-17(7-10-26)27-14-16(12-20(27)21(28)24-2)25-13-15-4-5-18(22)19(23)11-15/h4-5,11,16-17,20,25H,3,6-10,12-14H2,1-2H3,(H,24,28)/t16-,20-/m0/s1. The predicted molar refractivity (Wildman–Crippen MR) is 106 cm³/mol. The summed E-state index contributed by atoms with van der Waals surface area (Å²) in [5.74, 6) is -1.59. The Morgan fingerprint density at radius 2 is 1.96 bits per heavy atom. The zero-order chi connectivity index (χ0) is 20.1. The van der Waals surface area contributed by atoms with Gasteiger partial charge in [0.1, 0.15) is 0 Å². The number of hydrogen-bond acceptors (Lipinski definition) is 4. The van der Waals surface area contributed by atoms with Gasteiger partial charge in [-0.3, -0.25) is 9.69 Å². The number of nitrogens with zero attached hydrogens (tertiary/aromatic N) is 2. The molecule has 2 aliphatic rings. The molecular formula is C21H32F2N4O. The Labute approximate surface area is 166 Å². The summed E-state index contributed by atoms with van der Waals surface area (Å²) < 4.78 is 26.5. The summed E-state index contributed by atoms with van der Waals surface area (Å²) in [4.78, 5) is 17.3. The van der Waals surface area contributed by atoms with E-state index >= 15 is 0 Å². The lowest BCUT2D eigenvalue weighted by molar-refractivity contribution is -0.126. The van der Waals surface area contributed by atoms with E-state index in [9.17, 15) is 13.6 Å². The third-order valence-electron chi connectivity index (χ3n) is 6.03. The van der Waals surface area contributed by atoms with Crippen LogP contribution in [-0.2, 0) is 11.3 Å². The molecule has 1 aromatic carbocycles. The zero-order valence-electron chi connectivity index (χ0n) is 16.9. The molecule has 2 heterocycles. The number of piperidine rings is 1. The average molecular weight is 395 g/mol. The van der Waals surface area contributed by atoms with Crippen molar-refractivity contribution in [1.82, 2.24) is 20.4 Å². The highest BCUT2D eigenvalue weighted by Gasteiger charge is 2.40. The van der Waals surface area contributed by atoms with E-state index in [1.807, 2.05) is 0 Å². The molecule has 2 fully saturated rings. The van der Waals surface area contributed by atoms with Crippen molar-refractivity contribution in [3.05, 3.63) is 35.4 Å². The molecule has 0 saturated carbocycles. The zero-order valence-corrected chi connectivity index (χ0v) is 16.9. The smallest absolute Gasteiger partial charge is 0.237 e. The van der Waals surface area contributed by atoms with Crippen LogP contribution in [0.4, 0.5) is 8.78 Å². The summed E-state index contributed by atoms with van der Waals surface area (Å²) in [7, 11) is 1.69. The lowest BCUT2D eigenvalue weighted by atomic mass is 10.0. The van der Waals surface area contributed by atoms with Gasteiger partial charge in [-0.1, -0.05) is 13.0 Å². The Bertz CT molecular complexity index is 664. The van der Waals surface area contributed by atoms with E-state index in [1.54, 1.807) is 13.1 Å². The second-order valence-electron chi connectivity index (χ2n) is 7.96. The van der Waals surface area contributed by atoms with Crippen molar-refractivity contribution < 1.29 is 13.6 Å². The molecule has 2 N–H and O–H groups in total. The van der Waals surface area contributed by atoms with Gasteiger partial charge in [0.05, 0.1) is 6.04 Å². The molecule has 0 unspecified atom stereocenters. The maximum Gasteiger partial charge on any atom is 0.237 e. The topological polar surface area (TPSA) is 47.6 Å². The molecule has 2 saturated heterocycles. The van der Waals surface area contributed by atoms with Gasteiger partial charge in [-0.25, -0.2) is 8.78 Å². The number of likely N-dealkylation sites (N-methyl/N-ethyl adjacent to an activating group) is 1. The molecule has 1 aromatic rings. The molecule has 2 atom stereocenters. The van der Waals surface area contributed by atoms with Gasteiger partial charge in [0.2, 0.25) is 5.91 Å². The van der Waals surface area contributed by atoms with Crippen molar-refractivity contribution in [2.45, 2.75) is 57.3 Å². The Morgan fingerprint density at radius 1 is 1.21 bits per heavy atom. The molecule has 1 amide bonds. The third-order valence-corrected chi connectivity index (χ3v) is 6.03. The minimum Gasteiger partial charge on any atom is -0.358 e. The number of rotatable bonds is 7. The highest BCUT2D eigenvalue weighted by atomic mass is 19.2. The van der Waals surface area contributed by atoms with Crippen molar-refractivity contribution in [3.8, 4) is 0 Å². The SMILES string of the molecule is CCCN1CCC(N2C[C@@H](NCc3ccc(F)c(F)c3)C[C@H]2C(=O)NC)CC1. The Hall–Kier alpha value is -1.57. The van der Waals surface area contributed by atoms with Crippen LogP contribution in [0.25, 0.3) is 0 Å². The normalized spacial score (nSPS) is 24.6. The van der Waals surface area contributed by atoms with Crippen LogP contribution >= 0.6 is 0 Å². The average Bonchev–Trinajstić information content (AvgIpc) is 3.13. The minimum absolute atomic E-state index is 0.0631. The first-order valence-electron chi connectivity index (χ1n) is 10.4. The van der Waals surface area contributed by atoms with Crippen LogP contribution < -0.4 is 10.6 Å². The van der Waals surface area contributed by atoms with E-state index in [0.29, 0.717) is 18.2 Å². The van der Waals surface area contributed by atoms with Gasteiger partial charge in [-0.05, 0) is 63.0 Å². The molecule has 0 radical (unpaired) electrons. The fourth-order valence-electron chi connectivity index (χ4n) is 4.54. The first kappa shape index (κ1) is 21.1. The van der Waals surface area contributed by atoms with Gasteiger partial charge >= 0.3 is 0 Å². The third kappa shape index (κ3) is 5.07. The molecule has 2 aliphatic heterocycles. The number of halogens is 2. The van der Waals surface area contributed by atoms with E-state index in [4.69, 9.17) is 0 Å². The first-order chi connectivity index (χ1) is 13.5. The van der Waals surface area contributed by atoms with Crippen LogP contribution in [0.5, 0.6) is 0 Å². The Balaban J connectivity index is 1.59. The highest BCUT2D eigenvalue weighted by Crippen LogP contribution is 2.27. The van der Waals surface area contributed by atoms with Gasteiger partial charge < -0.3 is 15.5 Å². The van der Waals surface area contributed by atoms with Gasteiger partial charge in [0.25, 0.3) is 0 Å². The lowest BCUT2D eigenvalue weighted by Crippen LogP contribution is -2.51. The van der Waals surface area contributed by atoms with Crippen molar-refractivity contribution in [1.29, 1.82) is 0 Å². The molecular weight excluding hydrogens is 362 g/mol. The molecule has 0 spiro atoms. The predicted octanol–water partition coefficient (Wildman–Crippen LogP) is 2.12. The Morgan fingerprint density at radius 3 is 2.61 bits per heavy atom. The summed E-state index contributed by atoms with van der Waals surface area (Å²) in [6.45, 7) is 6.79. The number of likely N-dealkylation sites (tertiary alicyclic amines) is 2. The molecule has 0 aromatic heterocycles. The van der Waals surface area contributed by atoms with Gasteiger partial charge in [-0.15, -0.1) is 0 Å². The lowest BCUT2D eigenvalue weighted by Gasteiger charge is -2.38. The molecule has 3 rings (SSSR count). The van der Waals surface area contributed by atoms with Crippen LogP contribution in [0.1, 0.15) is 38.2 Å². The maximum atomic E-state index is 13.4. The van der Waals surface area contributed by atoms with E-state index < -0.39 is 11.6 Å². The fraction of sp³-hybridized carbons (Fsp3) is 0.667. The molecule has 28 heavy (non-hydrogen) atoms.